The Bertz CT molecular complexity index is 772. The monoisotopic (exact) mass is 405 g/mol. The summed E-state index contributed by atoms with van der Waals surface area (Å²) in [7, 11) is 0. The zero-order chi connectivity index (χ0) is 18.0. The third-order valence-electron chi connectivity index (χ3n) is 4.04. The molecule has 2 heterocycles. The number of amides is 3. The van der Waals surface area contributed by atoms with E-state index in [-0.39, 0.29) is 18.0 Å². The van der Waals surface area contributed by atoms with Gasteiger partial charge >= 0.3 is 6.03 Å². The Kier molecular flexibility index (Phi) is 5.08. The summed E-state index contributed by atoms with van der Waals surface area (Å²) >= 11 is 3.34. The van der Waals surface area contributed by atoms with Gasteiger partial charge in [0.05, 0.1) is 11.9 Å². The number of nitrogens with zero attached hydrogens (tertiary/aromatic N) is 3. The summed E-state index contributed by atoms with van der Waals surface area (Å²) in [6.07, 6.45) is 4.11. The first-order valence-electron chi connectivity index (χ1n) is 8.12. The summed E-state index contributed by atoms with van der Waals surface area (Å²) in [5, 5.41) is 9.74. The topological polar surface area (TPSA) is 79.3 Å². The lowest BCUT2D eigenvalue weighted by atomic mass is 10.2. The number of urea groups is 1. The number of rotatable bonds is 4. The molecule has 132 valence electrons. The Hall–Kier alpha value is -2.35. The quantitative estimate of drug-likeness (QED) is 0.819. The van der Waals surface area contributed by atoms with E-state index in [4.69, 9.17) is 0 Å². The molecule has 0 bridgehead atoms. The second kappa shape index (κ2) is 7.26. The van der Waals surface area contributed by atoms with Crippen molar-refractivity contribution in [3.8, 4) is 0 Å². The molecule has 2 aromatic rings. The number of hydrogen-bond donors (Lipinski definition) is 2. The maximum absolute atomic E-state index is 12.6. The number of anilines is 2. The average Bonchev–Trinajstić information content (AvgIpc) is 3.18. The van der Waals surface area contributed by atoms with Crippen LogP contribution in [0.3, 0.4) is 0 Å². The van der Waals surface area contributed by atoms with Crippen molar-refractivity contribution in [1.29, 1.82) is 0 Å². The van der Waals surface area contributed by atoms with Crippen molar-refractivity contribution in [3.05, 3.63) is 41.1 Å². The van der Waals surface area contributed by atoms with Gasteiger partial charge in [-0.25, -0.2) is 4.79 Å². The van der Waals surface area contributed by atoms with Crippen LogP contribution in [0.15, 0.2) is 41.1 Å². The first-order valence-corrected chi connectivity index (χ1v) is 8.92. The van der Waals surface area contributed by atoms with Crippen LogP contribution in [0.4, 0.5) is 16.2 Å². The summed E-state index contributed by atoms with van der Waals surface area (Å²) in [5.74, 6) is -0.116. The molecule has 25 heavy (non-hydrogen) atoms. The standard InChI is InChI=1S/C17H20BrN5O2/c1-11(2)23-10-14(9-19-23)22-8-7-15(16(22)24)21-17(25)20-13-5-3-12(18)4-6-13/h3-6,9-11,15H,7-8H2,1-2H3,(H2,20,21,25). The first kappa shape index (κ1) is 17.5. The smallest absolute Gasteiger partial charge is 0.319 e. The van der Waals surface area contributed by atoms with Crippen LogP contribution >= 0.6 is 15.9 Å². The Balaban J connectivity index is 1.59. The highest BCUT2D eigenvalue weighted by Gasteiger charge is 2.34. The lowest BCUT2D eigenvalue weighted by Crippen LogP contribution is -2.43. The van der Waals surface area contributed by atoms with Gasteiger partial charge in [0.1, 0.15) is 6.04 Å². The lowest BCUT2D eigenvalue weighted by Gasteiger charge is -2.15. The SMILES string of the molecule is CC(C)n1cc(N2CCC(NC(=O)Nc3ccc(Br)cc3)C2=O)cn1. The number of aromatic nitrogens is 2. The molecule has 8 heteroatoms. The summed E-state index contributed by atoms with van der Waals surface area (Å²) in [6, 6.07) is 6.56. The predicted octanol–water partition coefficient (Wildman–Crippen LogP) is 3.15. The van der Waals surface area contributed by atoms with Crippen molar-refractivity contribution in [2.75, 3.05) is 16.8 Å². The average molecular weight is 406 g/mol. The predicted molar refractivity (Wildman–Crippen MR) is 99.7 cm³/mol. The molecule has 0 saturated carbocycles. The van der Waals surface area contributed by atoms with Gasteiger partial charge in [-0.15, -0.1) is 0 Å². The summed E-state index contributed by atoms with van der Waals surface area (Å²) in [6.45, 7) is 4.62. The van der Waals surface area contributed by atoms with E-state index in [1.54, 1.807) is 23.2 Å². The Morgan fingerprint density at radius 1 is 1.32 bits per heavy atom. The van der Waals surface area contributed by atoms with E-state index in [0.717, 1.165) is 10.2 Å². The van der Waals surface area contributed by atoms with Crippen LogP contribution in [0.2, 0.25) is 0 Å². The Morgan fingerprint density at radius 2 is 2.04 bits per heavy atom. The molecule has 3 rings (SSSR count). The van der Waals surface area contributed by atoms with Crippen LogP contribution in [0, 0.1) is 0 Å². The second-order valence-corrected chi connectivity index (χ2v) is 7.12. The van der Waals surface area contributed by atoms with Crippen LogP contribution in [0.1, 0.15) is 26.3 Å². The fraction of sp³-hybridized carbons (Fsp3) is 0.353. The van der Waals surface area contributed by atoms with Crippen LogP contribution in [0.25, 0.3) is 0 Å². The minimum atomic E-state index is -0.530. The van der Waals surface area contributed by atoms with Gasteiger partial charge in [0.25, 0.3) is 0 Å². The second-order valence-electron chi connectivity index (χ2n) is 6.21. The minimum Gasteiger partial charge on any atom is -0.326 e. The fourth-order valence-corrected chi connectivity index (χ4v) is 2.94. The van der Waals surface area contributed by atoms with Crippen molar-refractivity contribution in [1.82, 2.24) is 15.1 Å². The normalized spacial score (nSPS) is 17.2. The first-order chi connectivity index (χ1) is 11.9. The summed E-state index contributed by atoms with van der Waals surface area (Å²) < 4.78 is 2.74. The van der Waals surface area contributed by atoms with Gasteiger partial charge < -0.3 is 15.5 Å². The third kappa shape index (κ3) is 4.01. The number of benzene rings is 1. The van der Waals surface area contributed by atoms with E-state index >= 15 is 0 Å². The van der Waals surface area contributed by atoms with Crippen molar-refractivity contribution < 1.29 is 9.59 Å². The fourth-order valence-electron chi connectivity index (χ4n) is 2.68. The molecule has 7 nitrogen and oxygen atoms in total. The molecule has 1 fully saturated rings. The summed E-state index contributed by atoms with van der Waals surface area (Å²) in [4.78, 5) is 26.3. The maximum atomic E-state index is 12.6. The highest BCUT2D eigenvalue weighted by atomic mass is 79.9. The molecule has 1 unspecified atom stereocenters. The third-order valence-corrected chi connectivity index (χ3v) is 4.57. The number of halogens is 1. The molecular weight excluding hydrogens is 386 g/mol. The molecule has 1 aromatic heterocycles. The molecule has 0 spiro atoms. The minimum absolute atomic E-state index is 0.116. The van der Waals surface area contributed by atoms with E-state index in [0.29, 0.717) is 18.7 Å². The molecule has 2 N–H and O–H groups in total. The molecular formula is C17H20BrN5O2. The van der Waals surface area contributed by atoms with E-state index in [1.807, 2.05) is 36.9 Å². The van der Waals surface area contributed by atoms with E-state index in [1.165, 1.54) is 0 Å². The lowest BCUT2D eigenvalue weighted by molar-refractivity contribution is -0.118. The van der Waals surface area contributed by atoms with Crippen molar-refractivity contribution in [2.45, 2.75) is 32.4 Å². The largest absolute Gasteiger partial charge is 0.326 e. The molecule has 1 saturated heterocycles. The van der Waals surface area contributed by atoms with Gasteiger partial charge in [-0.3, -0.25) is 9.48 Å². The molecule has 1 atom stereocenters. The van der Waals surface area contributed by atoms with Crippen LogP contribution in [-0.4, -0.2) is 34.3 Å². The molecule has 0 radical (unpaired) electrons. The molecule has 1 aliphatic rings. The van der Waals surface area contributed by atoms with Crippen molar-refractivity contribution >= 4 is 39.2 Å². The molecule has 0 aliphatic carbocycles. The van der Waals surface area contributed by atoms with E-state index in [9.17, 15) is 9.59 Å². The zero-order valence-corrected chi connectivity index (χ0v) is 15.7. The van der Waals surface area contributed by atoms with Gasteiger partial charge in [-0.2, -0.15) is 5.10 Å². The van der Waals surface area contributed by atoms with Crippen molar-refractivity contribution in [3.63, 3.8) is 0 Å². The van der Waals surface area contributed by atoms with Gasteiger partial charge in [-0.1, -0.05) is 15.9 Å². The van der Waals surface area contributed by atoms with Gasteiger partial charge in [0, 0.05) is 28.9 Å². The van der Waals surface area contributed by atoms with Crippen LogP contribution in [-0.2, 0) is 4.79 Å². The Morgan fingerprint density at radius 3 is 2.68 bits per heavy atom. The van der Waals surface area contributed by atoms with Gasteiger partial charge in [-0.05, 0) is 44.5 Å². The Labute approximate surface area is 154 Å². The number of hydrogen-bond acceptors (Lipinski definition) is 3. The van der Waals surface area contributed by atoms with Gasteiger partial charge in [0.15, 0.2) is 0 Å². The number of nitrogens with one attached hydrogen (secondary N) is 2. The number of carbonyl (C=O) groups is 2. The van der Waals surface area contributed by atoms with E-state index < -0.39 is 6.04 Å². The molecule has 1 aliphatic heterocycles. The van der Waals surface area contributed by atoms with Gasteiger partial charge in [0.2, 0.25) is 5.91 Å². The molecule has 1 aromatic carbocycles. The number of carbonyl (C=O) groups excluding carboxylic acids is 2. The summed E-state index contributed by atoms with van der Waals surface area (Å²) in [5.41, 5.74) is 1.43. The molecule has 3 amide bonds. The highest BCUT2D eigenvalue weighted by Crippen LogP contribution is 2.22. The zero-order valence-electron chi connectivity index (χ0n) is 14.1. The maximum Gasteiger partial charge on any atom is 0.319 e. The highest BCUT2D eigenvalue weighted by molar-refractivity contribution is 9.10. The van der Waals surface area contributed by atoms with Crippen LogP contribution < -0.4 is 15.5 Å². The van der Waals surface area contributed by atoms with Crippen LogP contribution in [0.5, 0.6) is 0 Å². The van der Waals surface area contributed by atoms with Crippen molar-refractivity contribution in [2.24, 2.45) is 0 Å². The van der Waals surface area contributed by atoms with E-state index in [2.05, 4.69) is 31.7 Å².